The molecular weight excluding hydrogens is 232 g/mol. The third kappa shape index (κ3) is 2.32. The summed E-state index contributed by atoms with van der Waals surface area (Å²) in [5.41, 5.74) is 1.07. The van der Waals surface area contributed by atoms with Crippen molar-refractivity contribution >= 4 is 5.95 Å². The maximum atomic E-state index is 8.83. The molecule has 2 heterocycles. The molecule has 0 amide bonds. The van der Waals surface area contributed by atoms with E-state index in [-0.39, 0.29) is 6.01 Å². The fourth-order valence-corrected chi connectivity index (χ4v) is 1.31. The SMILES string of the molecule is CNc1nc(OC)nc(-c2cncc(C#N)c2)n1. The topological polar surface area (TPSA) is 96.6 Å². The van der Waals surface area contributed by atoms with E-state index in [1.54, 1.807) is 19.3 Å². The number of hydrogen-bond donors (Lipinski definition) is 1. The van der Waals surface area contributed by atoms with E-state index in [1.807, 2.05) is 6.07 Å². The highest BCUT2D eigenvalue weighted by Gasteiger charge is 2.09. The molecule has 0 bridgehead atoms. The number of nitrogens with one attached hydrogen (secondary N) is 1. The van der Waals surface area contributed by atoms with E-state index in [9.17, 15) is 0 Å². The minimum Gasteiger partial charge on any atom is -0.467 e. The minimum absolute atomic E-state index is 0.201. The fraction of sp³-hybridized carbons (Fsp3) is 0.182. The van der Waals surface area contributed by atoms with Gasteiger partial charge in [-0.15, -0.1) is 0 Å². The van der Waals surface area contributed by atoms with Crippen molar-refractivity contribution in [2.24, 2.45) is 0 Å². The first-order valence-corrected chi connectivity index (χ1v) is 5.10. The summed E-state index contributed by atoms with van der Waals surface area (Å²) in [4.78, 5) is 16.3. The van der Waals surface area contributed by atoms with Gasteiger partial charge >= 0.3 is 6.01 Å². The highest BCUT2D eigenvalue weighted by atomic mass is 16.5. The van der Waals surface area contributed by atoms with Gasteiger partial charge < -0.3 is 10.1 Å². The molecule has 0 aliphatic carbocycles. The summed E-state index contributed by atoms with van der Waals surface area (Å²) in [5, 5.41) is 11.6. The molecule has 0 spiro atoms. The van der Waals surface area contributed by atoms with Crippen molar-refractivity contribution in [2.45, 2.75) is 0 Å². The monoisotopic (exact) mass is 242 g/mol. The number of nitriles is 1. The second-order valence-electron chi connectivity index (χ2n) is 3.29. The Bertz CT molecular complexity index is 584. The summed E-state index contributed by atoms with van der Waals surface area (Å²) in [5.74, 6) is 0.787. The molecule has 18 heavy (non-hydrogen) atoms. The average molecular weight is 242 g/mol. The highest BCUT2D eigenvalue weighted by Crippen LogP contribution is 2.18. The molecule has 0 aliphatic heterocycles. The van der Waals surface area contributed by atoms with Crippen LogP contribution < -0.4 is 10.1 Å². The molecule has 0 fully saturated rings. The number of ether oxygens (including phenoxy) is 1. The van der Waals surface area contributed by atoms with Crippen LogP contribution in [0, 0.1) is 11.3 Å². The van der Waals surface area contributed by atoms with Crippen molar-refractivity contribution in [2.75, 3.05) is 19.5 Å². The third-order valence-electron chi connectivity index (χ3n) is 2.15. The Morgan fingerprint density at radius 1 is 1.28 bits per heavy atom. The molecular formula is C11H10N6O. The molecule has 2 rings (SSSR count). The van der Waals surface area contributed by atoms with Gasteiger partial charge in [0, 0.05) is 25.0 Å². The Kier molecular flexibility index (Phi) is 3.29. The molecule has 0 aromatic carbocycles. The highest BCUT2D eigenvalue weighted by molar-refractivity contribution is 5.57. The van der Waals surface area contributed by atoms with Crippen LogP contribution in [0.3, 0.4) is 0 Å². The van der Waals surface area contributed by atoms with Gasteiger partial charge in [-0.25, -0.2) is 0 Å². The second kappa shape index (κ2) is 5.05. The zero-order valence-electron chi connectivity index (χ0n) is 9.88. The molecule has 2 aromatic rings. The number of anilines is 1. The lowest BCUT2D eigenvalue weighted by atomic mass is 10.2. The maximum absolute atomic E-state index is 8.83. The van der Waals surface area contributed by atoms with Crippen molar-refractivity contribution in [1.29, 1.82) is 5.26 Å². The average Bonchev–Trinajstić information content (AvgIpc) is 2.46. The van der Waals surface area contributed by atoms with Crippen molar-refractivity contribution < 1.29 is 4.74 Å². The van der Waals surface area contributed by atoms with Gasteiger partial charge in [0.15, 0.2) is 5.82 Å². The van der Waals surface area contributed by atoms with Gasteiger partial charge in [-0.3, -0.25) is 4.98 Å². The number of aromatic nitrogens is 4. The van der Waals surface area contributed by atoms with E-state index in [1.165, 1.54) is 13.3 Å². The molecule has 7 nitrogen and oxygen atoms in total. The number of nitrogens with zero attached hydrogens (tertiary/aromatic N) is 5. The quantitative estimate of drug-likeness (QED) is 0.852. The summed E-state index contributed by atoms with van der Waals surface area (Å²) in [6, 6.07) is 3.87. The fourth-order valence-electron chi connectivity index (χ4n) is 1.31. The van der Waals surface area contributed by atoms with Crippen LogP contribution in [0.25, 0.3) is 11.4 Å². The van der Waals surface area contributed by atoms with Crippen molar-refractivity contribution in [3.05, 3.63) is 24.0 Å². The smallest absolute Gasteiger partial charge is 0.321 e. The summed E-state index contributed by atoms with van der Waals surface area (Å²) in [7, 11) is 3.17. The zero-order valence-corrected chi connectivity index (χ0v) is 9.88. The van der Waals surface area contributed by atoms with Gasteiger partial charge in [-0.05, 0) is 6.07 Å². The summed E-state index contributed by atoms with van der Waals surface area (Å²) >= 11 is 0. The minimum atomic E-state index is 0.201. The van der Waals surface area contributed by atoms with Crippen LogP contribution in [-0.4, -0.2) is 34.1 Å². The maximum Gasteiger partial charge on any atom is 0.321 e. The number of hydrogen-bond acceptors (Lipinski definition) is 7. The van der Waals surface area contributed by atoms with Crippen LogP contribution in [0.1, 0.15) is 5.56 Å². The number of rotatable bonds is 3. The van der Waals surface area contributed by atoms with Gasteiger partial charge in [-0.2, -0.15) is 20.2 Å². The van der Waals surface area contributed by atoms with Gasteiger partial charge in [0.1, 0.15) is 6.07 Å². The molecule has 0 atom stereocenters. The van der Waals surface area contributed by atoms with E-state index in [2.05, 4.69) is 25.3 Å². The summed E-state index contributed by atoms with van der Waals surface area (Å²) in [6.07, 6.45) is 3.05. The van der Waals surface area contributed by atoms with E-state index in [0.717, 1.165) is 0 Å². The lowest BCUT2D eigenvalue weighted by Gasteiger charge is -2.05. The van der Waals surface area contributed by atoms with E-state index in [0.29, 0.717) is 22.9 Å². The Balaban J connectivity index is 2.52. The van der Waals surface area contributed by atoms with Crippen LogP contribution in [-0.2, 0) is 0 Å². The standard InChI is InChI=1S/C11H10N6O/c1-13-10-15-9(16-11(17-10)18-2)8-3-7(4-12)5-14-6-8/h3,5-6H,1-2H3,(H,13,15,16,17). The zero-order chi connectivity index (χ0) is 13.0. The largest absolute Gasteiger partial charge is 0.467 e. The van der Waals surface area contributed by atoms with Crippen LogP contribution >= 0.6 is 0 Å². The molecule has 0 saturated carbocycles. The van der Waals surface area contributed by atoms with Gasteiger partial charge in [0.25, 0.3) is 0 Å². The Morgan fingerprint density at radius 3 is 2.78 bits per heavy atom. The van der Waals surface area contributed by atoms with Crippen LogP contribution in [0.15, 0.2) is 18.5 Å². The third-order valence-corrected chi connectivity index (χ3v) is 2.15. The van der Waals surface area contributed by atoms with Crippen LogP contribution in [0.5, 0.6) is 6.01 Å². The van der Waals surface area contributed by atoms with E-state index >= 15 is 0 Å². The van der Waals surface area contributed by atoms with Crippen LogP contribution in [0.4, 0.5) is 5.95 Å². The van der Waals surface area contributed by atoms with Crippen molar-refractivity contribution in [1.82, 2.24) is 19.9 Å². The predicted molar refractivity (Wildman–Crippen MR) is 63.9 cm³/mol. The Hall–Kier alpha value is -2.75. The first-order chi connectivity index (χ1) is 8.76. The molecule has 0 unspecified atom stereocenters. The summed E-state index contributed by atoms with van der Waals surface area (Å²) in [6.45, 7) is 0. The summed E-state index contributed by atoms with van der Waals surface area (Å²) < 4.78 is 4.99. The number of pyridine rings is 1. The lowest BCUT2D eigenvalue weighted by molar-refractivity contribution is 0.379. The Labute approximate surface area is 104 Å². The van der Waals surface area contributed by atoms with E-state index in [4.69, 9.17) is 10.00 Å². The molecule has 0 saturated heterocycles. The molecule has 0 radical (unpaired) electrons. The Morgan fingerprint density at radius 2 is 2.11 bits per heavy atom. The van der Waals surface area contributed by atoms with Crippen LogP contribution in [0.2, 0.25) is 0 Å². The molecule has 1 N–H and O–H groups in total. The second-order valence-corrected chi connectivity index (χ2v) is 3.29. The molecule has 90 valence electrons. The molecule has 7 heteroatoms. The first-order valence-electron chi connectivity index (χ1n) is 5.10. The molecule has 0 aliphatic rings. The van der Waals surface area contributed by atoms with E-state index < -0.39 is 0 Å². The number of methoxy groups -OCH3 is 1. The van der Waals surface area contributed by atoms with Gasteiger partial charge in [-0.1, -0.05) is 0 Å². The normalized spacial score (nSPS) is 9.61. The van der Waals surface area contributed by atoms with Crippen molar-refractivity contribution in [3.63, 3.8) is 0 Å². The lowest BCUT2D eigenvalue weighted by Crippen LogP contribution is -2.03. The van der Waals surface area contributed by atoms with Crippen molar-refractivity contribution in [3.8, 4) is 23.5 Å². The molecule has 2 aromatic heterocycles. The van der Waals surface area contributed by atoms with Gasteiger partial charge in [0.05, 0.1) is 12.7 Å². The predicted octanol–water partition coefficient (Wildman–Crippen LogP) is 0.856. The first kappa shape index (κ1) is 11.7. The van der Waals surface area contributed by atoms with Gasteiger partial charge in [0.2, 0.25) is 5.95 Å².